The molecule has 2 bridgehead atoms. The molecule has 0 saturated carbocycles. The lowest BCUT2D eigenvalue weighted by atomic mass is 9.57. The summed E-state index contributed by atoms with van der Waals surface area (Å²) in [5.41, 5.74) is 3.11. The van der Waals surface area contributed by atoms with Crippen molar-refractivity contribution >= 4 is 0 Å². The van der Waals surface area contributed by atoms with Gasteiger partial charge in [-0.2, -0.15) is 4.57 Å². The molecule has 0 saturated heterocycles. The highest BCUT2D eigenvalue weighted by Crippen LogP contribution is 2.64. The Balaban J connectivity index is 0.000000555. The Morgan fingerprint density at radius 3 is 1.88 bits per heavy atom. The van der Waals surface area contributed by atoms with Crippen LogP contribution in [0.4, 0.5) is 0 Å². The van der Waals surface area contributed by atoms with Gasteiger partial charge in [0.15, 0.2) is 23.7 Å². The number of hydrogen-bond donors (Lipinski definition) is 0. The molecule has 1 aliphatic carbocycles. The quantitative estimate of drug-likeness (QED) is 0.380. The molecule has 2 aromatic rings. The summed E-state index contributed by atoms with van der Waals surface area (Å²) in [7, 11) is -1.50. The molecule has 2 atom stereocenters. The van der Waals surface area contributed by atoms with Crippen molar-refractivity contribution in [3.63, 3.8) is 0 Å². The zero-order chi connectivity index (χ0) is 24.6. The number of aromatic nitrogens is 1. The van der Waals surface area contributed by atoms with Crippen LogP contribution in [-0.4, -0.2) is 33.2 Å². The Kier molecular flexibility index (Phi) is 7.26. The van der Waals surface area contributed by atoms with Gasteiger partial charge in [0.2, 0.25) is 0 Å². The van der Waals surface area contributed by atoms with Crippen molar-refractivity contribution < 1.29 is 52.4 Å². The lowest BCUT2D eigenvalue weighted by molar-refractivity contribution is -2.00. The second-order valence-corrected chi connectivity index (χ2v) is 9.05. The molecule has 10 heteroatoms. The average molecular weight is 484 g/mol. The van der Waals surface area contributed by atoms with Crippen molar-refractivity contribution in [1.29, 1.82) is 0 Å². The van der Waals surface area contributed by atoms with Gasteiger partial charge in [-0.1, -0.05) is 6.07 Å². The fraction of sp³-hybridized carbons (Fsp3) is 0.522. The Morgan fingerprint density at radius 1 is 0.879 bits per heavy atom. The number of hydrogen-bond acceptors (Lipinski definition) is 8. The predicted octanol–water partition coefficient (Wildman–Crippen LogP) is -0.921. The van der Waals surface area contributed by atoms with E-state index in [-0.39, 0.29) is 17.4 Å². The topological polar surface area (TPSA) is 133 Å². The van der Waals surface area contributed by atoms with Gasteiger partial charge in [-0.25, -0.2) is 18.6 Å². The van der Waals surface area contributed by atoms with E-state index >= 15 is 0 Å². The minimum Gasteiger partial charge on any atom is -0.496 e. The summed E-state index contributed by atoms with van der Waals surface area (Å²) in [5, 5.41) is 0. The van der Waals surface area contributed by atoms with Gasteiger partial charge in [0, 0.05) is 30.9 Å². The van der Waals surface area contributed by atoms with Gasteiger partial charge in [-0.3, -0.25) is 0 Å². The van der Waals surface area contributed by atoms with E-state index in [0.717, 1.165) is 22.6 Å². The number of ether oxygens (including phenoxy) is 4. The minimum atomic E-state index is -4.94. The fourth-order valence-electron chi connectivity index (χ4n) is 5.43. The van der Waals surface area contributed by atoms with E-state index in [0.29, 0.717) is 13.2 Å². The van der Waals surface area contributed by atoms with Crippen LogP contribution in [-0.2, 0) is 9.47 Å². The molecular formula is C23H30ClNO8. The zero-order valence-electron chi connectivity index (χ0n) is 19.6. The molecule has 5 rings (SSSR count). The van der Waals surface area contributed by atoms with Crippen molar-refractivity contribution in [2.75, 3.05) is 27.4 Å². The van der Waals surface area contributed by atoms with Crippen molar-refractivity contribution in [3.8, 4) is 11.5 Å². The molecule has 0 N–H and O–H groups in total. The Bertz CT molecular complexity index is 979. The maximum absolute atomic E-state index is 8.49. The van der Waals surface area contributed by atoms with Crippen LogP contribution in [0.25, 0.3) is 0 Å². The van der Waals surface area contributed by atoms with Crippen LogP contribution in [0, 0.1) is 15.7 Å². The molecule has 1 aromatic heterocycles. The lowest BCUT2D eigenvalue weighted by Crippen LogP contribution is -2.71. The molecule has 1 aromatic carbocycles. The van der Waals surface area contributed by atoms with Crippen molar-refractivity contribution in [2.24, 2.45) is 5.41 Å². The summed E-state index contributed by atoms with van der Waals surface area (Å²) >= 11 is 0. The van der Waals surface area contributed by atoms with Crippen LogP contribution in [0.15, 0.2) is 36.5 Å². The predicted molar refractivity (Wildman–Crippen MR) is 106 cm³/mol. The highest BCUT2D eigenvalue weighted by molar-refractivity contribution is 5.58. The first-order chi connectivity index (χ1) is 15.5. The van der Waals surface area contributed by atoms with Crippen LogP contribution in [0.5, 0.6) is 11.5 Å². The van der Waals surface area contributed by atoms with Gasteiger partial charge in [-0.15, -0.1) is 10.2 Å². The summed E-state index contributed by atoms with van der Waals surface area (Å²) in [4.78, 5) is 0. The van der Waals surface area contributed by atoms with Crippen LogP contribution < -0.4 is 32.7 Å². The van der Waals surface area contributed by atoms with Gasteiger partial charge >= 0.3 is 0 Å². The molecular weight excluding hydrogens is 454 g/mol. The van der Waals surface area contributed by atoms with E-state index < -0.39 is 16.0 Å². The van der Waals surface area contributed by atoms with Gasteiger partial charge in [0.1, 0.15) is 17.4 Å². The van der Waals surface area contributed by atoms with Crippen LogP contribution in [0.3, 0.4) is 0 Å². The number of methoxy groups -OCH3 is 2. The summed E-state index contributed by atoms with van der Waals surface area (Å²) in [5.74, 6) is 0.797. The van der Waals surface area contributed by atoms with E-state index in [1.54, 1.807) is 14.2 Å². The Hall–Kier alpha value is -1.98. The first-order valence-corrected chi connectivity index (χ1v) is 11.9. The second-order valence-electron chi connectivity index (χ2n) is 8.30. The maximum Gasteiger partial charge on any atom is 0.198 e. The molecule has 0 fully saturated rings. The average Bonchev–Trinajstić information content (AvgIpc) is 2.74. The highest BCUT2D eigenvalue weighted by Gasteiger charge is 2.71. The van der Waals surface area contributed by atoms with Gasteiger partial charge in [-0.05, 0) is 39.8 Å². The molecule has 182 valence electrons. The third-order valence-corrected chi connectivity index (χ3v) is 6.39. The van der Waals surface area contributed by atoms with E-state index in [2.05, 4.69) is 42.8 Å². The largest absolute Gasteiger partial charge is 0.496 e. The molecule has 33 heavy (non-hydrogen) atoms. The first kappa shape index (κ1) is 25.6. The van der Waals surface area contributed by atoms with E-state index in [4.69, 9.17) is 37.6 Å². The first-order valence-electron chi connectivity index (χ1n) is 10.6. The second kappa shape index (κ2) is 9.34. The monoisotopic (exact) mass is 483 g/mol. The SMILES string of the molecule is CCOC1(OCC)[C@H]2c3c(OC)ccc(OC)c3[C@H]([n+]3ccccc32)C1(C)C.[O-][Cl+3]([O-])([O-])[O-]. The summed E-state index contributed by atoms with van der Waals surface area (Å²) < 4.78 is 61.0. The minimum absolute atomic E-state index is 0.00755. The number of halogens is 1. The number of nitrogens with zero attached hydrogens (tertiary/aromatic N) is 1. The van der Waals surface area contributed by atoms with Gasteiger partial charge in [0.25, 0.3) is 0 Å². The van der Waals surface area contributed by atoms with Crippen LogP contribution in [0.1, 0.15) is 56.5 Å². The standard InChI is InChI=1S/C23H30NO4.ClHO4/c1-7-27-23(28-8-2)20-15-11-9-10-14-24(15)21(22(23,3)4)19-17(26-6)13-12-16(25-5)18(19)20;2-1(3,4)5/h9-14,20-21H,7-8H2,1-6H3;(H,2,3,4,5)/q+1;/p-1/t20-,21+;/m1./s1. The number of rotatable bonds is 6. The highest BCUT2D eigenvalue weighted by atomic mass is 35.7. The lowest BCUT2D eigenvalue weighted by Gasteiger charge is -2.57. The fourth-order valence-corrected chi connectivity index (χ4v) is 5.43. The van der Waals surface area contributed by atoms with Crippen molar-refractivity contribution in [3.05, 3.63) is 53.3 Å². The summed E-state index contributed by atoms with van der Waals surface area (Å²) in [6.07, 6.45) is 2.15. The number of benzene rings is 1. The number of fused-ring (bicyclic) bond motifs is 1. The van der Waals surface area contributed by atoms with Crippen molar-refractivity contribution in [2.45, 2.75) is 45.4 Å². The molecule has 0 spiro atoms. The maximum atomic E-state index is 8.49. The van der Waals surface area contributed by atoms with E-state index in [1.807, 2.05) is 26.0 Å². The van der Waals surface area contributed by atoms with Crippen LogP contribution >= 0.6 is 0 Å². The molecule has 3 aliphatic rings. The van der Waals surface area contributed by atoms with E-state index in [1.165, 1.54) is 5.69 Å². The van der Waals surface area contributed by atoms with Crippen molar-refractivity contribution in [1.82, 2.24) is 0 Å². The third-order valence-electron chi connectivity index (χ3n) is 6.39. The number of pyridine rings is 1. The molecule has 0 amide bonds. The molecule has 0 radical (unpaired) electrons. The zero-order valence-corrected chi connectivity index (χ0v) is 20.4. The van der Waals surface area contributed by atoms with E-state index in [9.17, 15) is 0 Å². The normalized spacial score (nSPS) is 21.4. The smallest absolute Gasteiger partial charge is 0.198 e. The summed E-state index contributed by atoms with van der Waals surface area (Å²) in [6.45, 7) is 9.67. The Morgan fingerprint density at radius 2 is 1.39 bits per heavy atom. The summed E-state index contributed by atoms with van der Waals surface area (Å²) in [6, 6.07) is 10.3. The van der Waals surface area contributed by atoms with Gasteiger partial charge < -0.3 is 18.9 Å². The molecule has 9 nitrogen and oxygen atoms in total. The van der Waals surface area contributed by atoms with Crippen LogP contribution in [0.2, 0.25) is 0 Å². The molecule has 3 heterocycles. The van der Waals surface area contributed by atoms with Gasteiger partial charge in [0.05, 0.1) is 25.2 Å². The molecule has 0 unspecified atom stereocenters. The molecule has 2 aliphatic heterocycles. The third kappa shape index (κ3) is 4.19. The Labute approximate surface area is 195 Å².